The van der Waals surface area contributed by atoms with Crippen molar-refractivity contribution in [3.05, 3.63) is 35.5 Å². The zero-order valence-electron chi connectivity index (χ0n) is 8.67. The molecule has 1 heterocycles. The third-order valence-corrected chi connectivity index (χ3v) is 3.40. The van der Waals surface area contributed by atoms with Crippen molar-refractivity contribution in [3.63, 3.8) is 0 Å². The minimum absolute atomic E-state index is 0.000205. The number of thioether (sulfide) groups is 1. The number of aromatic nitrogens is 1. The summed E-state index contributed by atoms with van der Waals surface area (Å²) in [7, 11) is 0. The summed E-state index contributed by atoms with van der Waals surface area (Å²) in [6, 6.07) is 7.21. The molecule has 0 saturated carbocycles. The first-order chi connectivity index (χ1) is 7.97. The lowest BCUT2D eigenvalue weighted by Crippen LogP contribution is -2.06. The van der Waals surface area contributed by atoms with Crippen molar-refractivity contribution in [1.82, 2.24) is 4.57 Å². The summed E-state index contributed by atoms with van der Waals surface area (Å²) < 4.78 is 37.8. The highest BCUT2D eigenvalue weighted by molar-refractivity contribution is 8.00. The third-order valence-electron chi connectivity index (χ3n) is 2.36. The highest BCUT2D eigenvalue weighted by atomic mass is 35.5. The van der Waals surface area contributed by atoms with Gasteiger partial charge in [0.1, 0.15) is 0 Å². The monoisotopic (exact) mass is 279 g/mol. The maximum Gasteiger partial charge on any atom is 0.441 e. The minimum Gasteiger partial charge on any atom is -0.347 e. The van der Waals surface area contributed by atoms with E-state index < -0.39 is 5.51 Å². The summed E-state index contributed by atoms with van der Waals surface area (Å²) >= 11 is 5.97. The van der Waals surface area contributed by atoms with Crippen LogP contribution in [-0.4, -0.2) is 15.8 Å². The first kappa shape index (κ1) is 12.6. The Hall–Kier alpha value is -0.810. The van der Waals surface area contributed by atoms with E-state index in [1.165, 1.54) is 0 Å². The molecule has 92 valence electrons. The lowest BCUT2D eigenvalue weighted by Gasteiger charge is -2.07. The van der Waals surface area contributed by atoms with Crippen LogP contribution in [0.25, 0.3) is 10.9 Å². The van der Waals surface area contributed by atoms with Crippen LogP contribution in [0.3, 0.4) is 0 Å². The molecule has 1 nitrogen and oxygen atoms in total. The van der Waals surface area contributed by atoms with Crippen LogP contribution in [0, 0.1) is 0 Å². The summed E-state index contributed by atoms with van der Waals surface area (Å²) in [5, 5.41) is 1.48. The van der Waals surface area contributed by atoms with E-state index in [1.807, 2.05) is 12.1 Å². The Balaban J connectivity index is 2.12. The highest BCUT2D eigenvalue weighted by Crippen LogP contribution is 2.31. The van der Waals surface area contributed by atoms with E-state index in [0.29, 0.717) is 11.6 Å². The standard InChI is InChI=1S/C11H9ClF3NS/c12-9-2-1-3-10-8(9)4-5-16(10)6-7-17-11(13,14)15/h1-5H,6-7H2. The predicted molar refractivity (Wildman–Crippen MR) is 65.5 cm³/mol. The SMILES string of the molecule is FC(F)(F)SCCn1ccc2c(Cl)cccc21. The molecule has 1 aromatic heterocycles. The molecule has 0 radical (unpaired) electrons. The van der Waals surface area contributed by atoms with Crippen LogP contribution < -0.4 is 0 Å². The van der Waals surface area contributed by atoms with Crippen molar-refractivity contribution in [1.29, 1.82) is 0 Å². The first-order valence-electron chi connectivity index (χ1n) is 4.91. The Morgan fingerprint density at radius 2 is 2.00 bits per heavy atom. The minimum atomic E-state index is -4.17. The molecule has 0 saturated heterocycles. The van der Waals surface area contributed by atoms with Crippen molar-refractivity contribution in [3.8, 4) is 0 Å². The van der Waals surface area contributed by atoms with Gasteiger partial charge >= 0.3 is 5.51 Å². The zero-order chi connectivity index (χ0) is 12.5. The number of hydrogen-bond donors (Lipinski definition) is 0. The molecule has 2 rings (SSSR count). The Kier molecular flexibility index (Phi) is 3.58. The molecule has 2 aromatic rings. The van der Waals surface area contributed by atoms with E-state index in [1.54, 1.807) is 22.9 Å². The van der Waals surface area contributed by atoms with Crippen LogP contribution in [0.2, 0.25) is 5.02 Å². The van der Waals surface area contributed by atoms with Crippen LogP contribution in [0.15, 0.2) is 30.5 Å². The number of halogens is 4. The fraction of sp³-hybridized carbons (Fsp3) is 0.273. The van der Waals surface area contributed by atoms with Gasteiger partial charge in [-0.1, -0.05) is 17.7 Å². The fourth-order valence-corrected chi connectivity index (χ4v) is 2.39. The molecule has 0 N–H and O–H groups in total. The van der Waals surface area contributed by atoms with Gasteiger partial charge in [0, 0.05) is 34.4 Å². The van der Waals surface area contributed by atoms with Crippen LogP contribution in [0.5, 0.6) is 0 Å². The first-order valence-corrected chi connectivity index (χ1v) is 6.28. The van der Waals surface area contributed by atoms with Crippen LogP contribution in [0.4, 0.5) is 13.2 Å². The summed E-state index contributed by atoms with van der Waals surface area (Å²) in [5.74, 6) is -0.000205. The molecule has 6 heteroatoms. The lowest BCUT2D eigenvalue weighted by molar-refractivity contribution is -0.0328. The number of aryl methyl sites for hydroxylation is 1. The summed E-state index contributed by atoms with van der Waals surface area (Å²) in [6.07, 6.45) is 1.76. The Morgan fingerprint density at radius 3 is 2.71 bits per heavy atom. The molecule has 0 unspecified atom stereocenters. The second-order valence-electron chi connectivity index (χ2n) is 3.48. The molecule has 0 aliphatic heterocycles. The number of fused-ring (bicyclic) bond motifs is 1. The fourth-order valence-electron chi connectivity index (χ4n) is 1.64. The van der Waals surface area contributed by atoms with Gasteiger partial charge in [-0.05, 0) is 30.0 Å². The van der Waals surface area contributed by atoms with Crippen molar-refractivity contribution in [2.45, 2.75) is 12.1 Å². The maximum absolute atomic E-state index is 12.0. The van der Waals surface area contributed by atoms with Crippen LogP contribution in [-0.2, 0) is 6.54 Å². The van der Waals surface area contributed by atoms with E-state index in [-0.39, 0.29) is 17.5 Å². The molecular formula is C11H9ClF3NS. The number of rotatable bonds is 3. The van der Waals surface area contributed by atoms with Crippen molar-refractivity contribution in [2.24, 2.45) is 0 Å². The van der Waals surface area contributed by atoms with Gasteiger partial charge in [0.2, 0.25) is 0 Å². The van der Waals surface area contributed by atoms with Gasteiger partial charge in [-0.2, -0.15) is 13.2 Å². The topological polar surface area (TPSA) is 4.93 Å². The number of alkyl halides is 3. The molecule has 1 aromatic carbocycles. The van der Waals surface area contributed by atoms with E-state index in [2.05, 4.69) is 0 Å². The predicted octanol–water partition coefficient (Wildman–Crippen LogP) is 4.55. The quantitative estimate of drug-likeness (QED) is 0.798. The summed E-state index contributed by atoms with van der Waals surface area (Å²) in [4.78, 5) is 0. The lowest BCUT2D eigenvalue weighted by atomic mass is 10.2. The average molecular weight is 280 g/mol. The van der Waals surface area contributed by atoms with Crippen LogP contribution >= 0.6 is 23.4 Å². The molecule has 0 aliphatic rings. The van der Waals surface area contributed by atoms with E-state index in [0.717, 1.165) is 10.9 Å². The Bertz CT molecular complexity index is 521. The van der Waals surface area contributed by atoms with Gasteiger partial charge in [0.15, 0.2) is 0 Å². The van der Waals surface area contributed by atoms with Gasteiger partial charge in [0.05, 0.1) is 0 Å². The number of benzene rings is 1. The molecule has 0 spiro atoms. The second kappa shape index (κ2) is 4.82. The van der Waals surface area contributed by atoms with E-state index in [4.69, 9.17) is 11.6 Å². The van der Waals surface area contributed by atoms with E-state index >= 15 is 0 Å². The van der Waals surface area contributed by atoms with Crippen LogP contribution in [0.1, 0.15) is 0 Å². The van der Waals surface area contributed by atoms with Gasteiger partial charge in [-0.3, -0.25) is 0 Å². The summed E-state index contributed by atoms with van der Waals surface area (Å²) in [5.41, 5.74) is -3.30. The smallest absolute Gasteiger partial charge is 0.347 e. The molecule has 0 amide bonds. The van der Waals surface area contributed by atoms with Crippen molar-refractivity contribution < 1.29 is 13.2 Å². The molecule has 17 heavy (non-hydrogen) atoms. The Morgan fingerprint density at radius 1 is 1.24 bits per heavy atom. The molecule has 0 aliphatic carbocycles. The van der Waals surface area contributed by atoms with Gasteiger partial charge < -0.3 is 4.57 Å². The van der Waals surface area contributed by atoms with Gasteiger partial charge in [-0.25, -0.2) is 0 Å². The Labute approximate surface area is 106 Å². The van der Waals surface area contributed by atoms with Gasteiger partial charge in [0.25, 0.3) is 0 Å². The van der Waals surface area contributed by atoms with Crippen molar-refractivity contribution >= 4 is 34.3 Å². The van der Waals surface area contributed by atoms with E-state index in [9.17, 15) is 13.2 Å². The number of hydrogen-bond acceptors (Lipinski definition) is 1. The third kappa shape index (κ3) is 3.10. The molecular weight excluding hydrogens is 271 g/mol. The maximum atomic E-state index is 12.0. The van der Waals surface area contributed by atoms with Gasteiger partial charge in [-0.15, -0.1) is 0 Å². The van der Waals surface area contributed by atoms with Crippen molar-refractivity contribution in [2.75, 3.05) is 5.75 Å². The second-order valence-corrected chi connectivity index (χ2v) is 5.04. The zero-order valence-corrected chi connectivity index (χ0v) is 10.2. The molecule has 0 bridgehead atoms. The number of nitrogens with zero attached hydrogens (tertiary/aromatic N) is 1. The largest absolute Gasteiger partial charge is 0.441 e. The molecule has 0 fully saturated rings. The normalized spacial score (nSPS) is 12.2. The molecule has 0 atom stereocenters. The highest BCUT2D eigenvalue weighted by Gasteiger charge is 2.27. The average Bonchev–Trinajstić information content (AvgIpc) is 2.61. The summed E-state index contributed by atoms with van der Waals surface area (Å²) in [6.45, 7) is 0.314.